The van der Waals surface area contributed by atoms with Crippen molar-refractivity contribution < 1.29 is 4.79 Å². The Bertz CT molecular complexity index is 1240. The largest absolute Gasteiger partial charge is 0.343 e. The standard InChI is InChI=1S/C25H28Cl2N4OS/c1-6-7-8-9-17-11-13-20(33-17)22-15(2)21(23-28-24(32)25(3,4)30(23)5)29-31(22)19-12-10-16(26)14-18(19)27/h10-14H,6-9H2,1-5H3. The summed E-state index contributed by atoms with van der Waals surface area (Å²) in [5, 5.41) is 6.01. The Labute approximate surface area is 209 Å². The maximum absolute atomic E-state index is 12.6. The minimum Gasteiger partial charge on any atom is -0.343 e. The van der Waals surface area contributed by atoms with Gasteiger partial charge in [-0.15, -0.1) is 11.3 Å². The van der Waals surface area contributed by atoms with Crippen molar-refractivity contribution in [1.29, 1.82) is 0 Å². The van der Waals surface area contributed by atoms with Gasteiger partial charge in [-0.3, -0.25) is 4.79 Å². The number of amides is 1. The molecule has 0 radical (unpaired) electrons. The van der Waals surface area contributed by atoms with Gasteiger partial charge in [0, 0.05) is 22.5 Å². The second-order valence-corrected chi connectivity index (χ2v) is 10.9. The molecule has 33 heavy (non-hydrogen) atoms. The number of unbranched alkanes of at least 4 members (excludes halogenated alkanes) is 2. The highest BCUT2D eigenvalue weighted by molar-refractivity contribution is 7.15. The molecule has 0 aliphatic carbocycles. The summed E-state index contributed by atoms with van der Waals surface area (Å²) < 4.78 is 1.86. The molecule has 1 aromatic carbocycles. The van der Waals surface area contributed by atoms with Crippen molar-refractivity contribution in [3.05, 3.63) is 56.5 Å². The average Bonchev–Trinajstić information content (AvgIpc) is 3.40. The first-order chi connectivity index (χ1) is 15.6. The molecule has 0 fully saturated rings. The maximum Gasteiger partial charge on any atom is 0.273 e. The van der Waals surface area contributed by atoms with Crippen LogP contribution in [0.1, 0.15) is 56.2 Å². The predicted octanol–water partition coefficient (Wildman–Crippen LogP) is 6.95. The first-order valence-corrected chi connectivity index (χ1v) is 12.7. The molecule has 3 aromatic rings. The van der Waals surface area contributed by atoms with Crippen LogP contribution in [-0.4, -0.2) is 39.0 Å². The Balaban J connectivity index is 1.86. The zero-order valence-corrected chi connectivity index (χ0v) is 21.9. The van der Waals surface area contributed by atoms with Crippen LogP contribution < -0.4 is 0 Å². The van der Waals surface area contributed by atoms with Crippen LogP contribution in [0.25, 0.3) is 16.3 Å². The molecule has 2 aromatic heterocycles. The molecule has 174 valence electrons. The van der Waals surface area contributed by atoms with Crippen LogP contribution in [0.15, 0.2) is 35.3 Å². The minimum atomic E-state index is -0.709. The number of nitrogens with zero attached hydrogens (tertiary/aromatic N) is 4. The van der Waals surface area contributed by atoms with E-state index in [1.165, 1.54) is 24.1 Å². The van der Waals surface area contributed by atoms with E-state index in [4.69, 9.17) is 28.3 Å². The van der Waals surface area contributed by atoms with Crippen LogP contribution >= 0.6 is 34.5 Å². The average molecular weight is 503 g/mol. The summed E-state index contributed by atoms with van der Waals surface area (Å²) in [5.74, 6) is 0.404. The van der Waals surface area contributed by atoms with Gasteiger partial charge in [0.1, 0.15) is 11.2 Å². The number of rotatable bonds is 7. The highest BCUT2D eigenvalue weighted by atomic mass is 35.5. The Morgan fingerprint density at radius 2 is 1.88 bits per heavy atom. The van der Waals surface area contributed by atoms with Crippen LogP contribution in [0.2, 0.25) is 10.0 Å². The van der Waals surface area contributed by atoms with E-state index in [0.29, 0.717) is 21.6 Å². The van der Waals surface area contributed by atoms with Gasteiger partial charge in [-0.2, -0.15) is 10.1 Å². The molecule has 0 saturated carbocycles. The monoisotopic (exact) mass is 502 g/mol. The van der Waals surface area contributed by atoms with E-state index in [0.717, 1.165) is 28.2 Å². The number of carbonyl (C=O) groups excluding carboxylic acids is 1. The van der Waals surface area contributed by atoms with Crippen LogP contribution in [0.3, 0.4) is 0 Å². The number of thiophene rings is 1. The van der Waals surface area contributed by atoms with Gasteiger partial charge in [-0.1, -0.05) is 43.0 Å². The third-order valence-electron chi connectivity index (χ3n) is 6.28. The fourth-order valence-electron chi connectivity index (χ4n) is 3.94. The normalized spacial score (nSPS) is 15.4. The Kier molecular flexibility index (Phi) is 6.72. The van der Waals surface area contributed by atoms with Crippen LogP contribution in [-0.2, 0) is 11.2 Å². The molecule has 1 aliphatic rings. The fourth-order valence-corrected chi connectivity index (χ4v) is 5.57. The fraction of sp³-hybridized carbons (Fsp3) is 0.400. The molecular weight excluding hydrogens is 475 g/mol. The number of amidine groups is 1. The lowest BCUT2D eigenvalue weighted by Gasteiger charge is -2.27. The number of halogens is 2. The van der Waals surface area contributed by atoms with E-state index in [1.54, 1.807) is 23.5 Å². The van der Waals surface area contributed by atoms with Gasteiger partial charge < -0.3 is 4.90 Å². The molecule has 5 nitrogen and oxygen atoms in total. The van der Waals surface area contributed by atoms with Gasteiger partial charge in [0.15, 0.2) is 5.84 Å². The summed E-state index contributed by atoms with van der Waals surface area (Å²) in [6.07, 6.45) is 4.68. The molecule has 0 atom stereocenters. The Morgan fingerprint density at radius 1 is 1.12 bits per heavy atom. The summed E-state index contributed by atoms with van der Waals surface area (Å²) in [5.41, 5.74) is 2.61. The molecule has 1 aliphatic heterocycles. The Morgan fingerprint density at radius 3 is 2.52 bits per heavy atom. The van der Waals surface area contributed by atoms with Crippen molar-refractivity contribution in [1.82, 2.24) is 14.7 Å². The van der Waals surface area contributed by atoms with Crippen molar-refractivity contribution in [3.63, 3.8) is 0 Å². The zero-order chi connectivity index (χ0) is 23.9. The van der Waals surface area contributed by atoms with E-state index in [9.17, 15) is 4.79 Å². The van der Waals surface area contributed by atoms with Crippen molar-refractivity contribution in [2.24, 2.45) is 4.99 Å². The summed E-state index contributed by atoms with van der Waals surface area (Å²) >= 11 is 14.5. The zero-order valence-electron chi connectivity index (χ0n) is 19.6. The lowest BCUT2D eigenvalue weighted by molar-refractivity contribution is -0.123. The highest BCUT2D eigenvalue weighted by Crippen LogP contribution is 2.38. The Hall–Kier alpha value is -2.15. The number of carbonyl (C=O) groups is 1. The van der Waals surface area contributed by atoms with Gasteiger partial charge >= 0.3 is 0 Å². The van der Waals surface area contributed by atoms with Crippen LogP contribution in [0.4, 0.5) is 0 Å². The molecule has 1 amide bonds. The first-order valence-electron chi connectivity index (χ1n) is 11.2. The van der Waals surface area contributed by atoms with Gasteiger partial charge in [-0.25, -0.2) is 4.68 Å². The van der Waals surface area contributed by atoms with Gasteiger partial charge in [0.2, 0.25) is 0 Å². The molecule has 0 saturated heterocycles. The number of hydrogen-bond acceptors (Lipinski definition) is 4. The summed E-state index contributed by atoms with van der Waals surface area (Å²) in [7, 11) is 1.88. The van der Waals surface area contributed by atoms with Crippen LogP contribution in [0.5, 0.6) is 0 Å². The highest BCUT2D eigenvalue weighted by Gasteiger charge is 2.42. The first kappa shape index (κ1) is 24.0. The van der Waals surface area contributed by atoms with E-state index in [2.05, 4.69) is 24.0 Å². The second-order valence-electron chi connectivity index (χ2n) is 8.91. The third kappa shape index (κ3) is 4.36. The number of benzene rings is 1. The minimum absolute atomic E-state index is 0.172. The smallest absolute Gasteiger partial charge is 0.273 e. The summed E-state index contributed by atoms with van der Waals surface area (Å²) in [6, 6.07) is 9.74. The molecule has 4 rings (SSSR count). The lowest BCUT2D eigenvalue weighted by atomic mass is 10.0. The molecule has 3 heterocycles. The lowest BCUT2D eigenvalue weighted by Crippen LogP contribution is -2.44. The van der Waals surface area contributed by atoms with E-state index in [-0.39, 0.29) is 5.91 Å². The van der Waals surface area contributed by atoms with Gasteiger partial charge in [-0.05, 0) is 63.9 Å². The predicted molar refractivity (Wildman–Crippen MR) is 138 cm³/mol. The van der Waals surface area contributed by atoms with Crippen LogP contribution in [0, 0.1) is 6.92 Å². The molecule has 0 bridgehead atoms. The van der Waals surface area contributed by atoms with Crippen molar-refractivity contribution in [2.45, 2.75) is 58.9 Å². The molecular formula is C25H28Cl2N4OS. The van der Waals surface area contributed by atoms with E-state index >= 15 is 0 Å². The van der Waals surface area contributed by atoms with E-state index in [1.807, 2.05) is 43.5 Å². The third-order valence-corrected chi connectivity index (χ3v) is 7.97. The summed E-state index contributed by atoms with van der Waals surface area (Å²) in [4.78, 5) is 21.3. The number of aliphatic imine (C=N–C) groups is 1. The number of aromatic nitrogens is 2. The number of aryl methyl sites for hydroxylation is 1. The van der Waals surface area contributed by atoms with Gasteiger partial charge in [0.05, 0.1) is 21.3 Å². The van der Waals surface area contributed by atoms with Crippen molar-refractivity contribution in [2.75, 3.05) is 7.05 Å². The SMILES string of the molecule is CCCCCc1ccc(-c2c(C)c(C3=NC(=O)C(C)(C)N3C)nn2-c2ccc(Cl)cc2Cl)s1. The number of hydrogen-bond donors (Lipinski definition) is 0. The molecule has 0 unspecified atom stereocenters. The maximum atomic E-state index is 12.6. The molecule has 0 spiro atoms. The molecule has 8 heteroatoms. The molecule has 0 N–H and O–H groups in total. The summed E-state index contributed by atoms with van der Waals surface area (Å²) in [6.45, 7) is 7.99. The second kappa shape index (κ2) is 9.24. The van der Waals surface area contributed by atoms with E-state index < -0.39 is 5.54 Å². The quantitative estimate of drug-likeness (QED) is 0.328. The van der Waals surface area contributed by atoms with Gasteiger partial charge in [0.25, 0.3) is 5.91 Å². The van der Waals surface area contributed by atoms with Crippen molar-refractivity contribution in [3.8, 4) is 16.3 Å². The number of likely N-dealkylation sites (N-methyl/N-ethyl adjacent to an activating group) is 1. The topological polar surface area (TPSA) is 50.5 Å². The van der Waals surface area contributed by atoms with Crippen molar-refractivity contribution >= 4 is 46.3 Å².